The Morgan fingerprint density at radius 1 is 1.21 bits per heavy atom. The van der Waals surface area contributed by atoms with Crippen LogP contribution in [0.3, 0.4) is 0 Å². The molecule has 0 spiro atoms. The average Bonchev–Trinajstić information content (AvgIpc) is 3.17. The second kappa shape index (κ2) is 9.11. The fourth-order valence-corrected chi connectivity index (χ4v) is 4.28. The molecule has 4 heterocycles. The molecule has 29 heavy (non-hydrogen) atoms. The number of hydrogen-bond donors (Lipinski definition) is 2. The van der Waals surface area contributed by atoms with Crippen LogP contribution in [0, 0.1) is 5.92 Å². The zero-order valence-electron chi connectivity index (χ0n) is 16.3. The number of aromatic nitrogens is 3. The van der Waals surface area contributed by atoms with Crippen LogP contribution in [0.25, 0.3) is 10.6 Å². The molecule has 0 radical (unpaired) electrons. The van der Waals surface area contributed by atoms with Gasteiger partial charge in [0.25, 0.3) is 0 Å². The standard InChI is InChI=1S/C21H24N6OS.2H2/c1-15-4-3-11-27(12-15)13-17-5-2-6-18(23-17)25-21(28)26-19-14-29-20(24-19)16-7-9-22-10-8-16;;/h2,5-10,14-15H,3-4,11-13H2,1H3,(H2,23,25,26,28);2*1H. The fraction of sp³-hybridized carbons (Fsp3) is 0.333. The first-order valence-corrected chi connectivity index (χ1v) is 10.7. The second-order valence-electron chi connectivity index (χ2n) is 7.35. The van der Waals surface area contributed by atoms with Gasteiger partial charge in [-0.25, -0.2) is 14.8 Å². The maximum Gasteiger partial charge on any atom is 0.326 e. The quantitative estimate of drug-likeness (QED) is 0.618. The molecule has 0 aromatic carbocycles. The first-order valence-electron chi connectivity index (χ1n) is 9.78. The fourth-order valence-electron chi connectivity index (χ4n) is 3.52. The number of hydrogen-bond acceptors (Lipinski definition) is 6. The summed E-state index contributed by atoms with van der Waals surface area (Å²) in [6, 6.07) is 9.15. The van der Waals surface area contributed by atoms with Gasteiger partial charge in [0.1, 0.15) is 16.6 Å². The number of pyridine rings is 2. The summed E-state index contributed by atoms with van der Waals surface area (Å²) < 4.78 is 0. The highest BCUT2D eigenvalue weighted by molar-refractivity contribution is 7.13. The highest BCUT2D eigenvalue weighted by Gasteiger charge is 2.17. The third-order valence-corrected chi connectivity index (χ3v) is 5.74. The molecule has 3 aromatic rings. The van der Waals surface area contributed by atoms with Gasteiger partial charge in [-0.05, 0) is 49.6 Å². The molecular formula is C21H28N6OS. The van der Waals surface area contributed by atoms with E-state index >= 15 is 0 Å². The summed E-state index contributed by atoms with van der Waals surface area (Å²) in [6.45, 7) is 5.31. The van der Waals surface area contributed by atoms with Gasteiger partial charge in [-0.2, -0.15) is 0 Å². The minimum absolute atomic E-state index is 0. The lowest BCUT2D eigenvalue weighted by Gasteiger charge is -2.30. The minimum Gasteiger partial charge on any atom is -0.297 e. The van der Waals surface area contributed by atoms with Gasteiger partial charge >= 0.3 is 6.03 Å². The SMILES string of the molecule is CC1CCCN(Cc2cccc(NC(=O)Nc3csc(-c4ccncc4)n3)n2)C1.[HH].[HH]. The predicted molar refractivity (Wildman–Crippen MR) is 120 cm³/mol. The third kappa shape index (κ3) is 5.36. The number of nitrogens with zero attached hydrogens (tertiary/aromatic N) is 4. The number of nitrogens with one attached hydrogen (secondary N) is 2. The zero-order chi connectivity index (χ0) is 20.1. The smallest absolute Gasteiger partial charge is 0.297 e. The van der Waals surface area contributed by atoms with Crippen LogP contribution in [0.5, 0.6) is 0 Å². The van der Waals surface area contributed by atoms with E-state index in [0.29, 0.717) is 11.6 Å². The molecule has 8 heteroatoms. The maximum absolute atomic E-state index is 12.4. The van der Waals surface area contributed by atoms with Crippen molar-refractivity contribution in [3.63, 3.8) is 0 Å². The van der Waals surface area contributed by atoms with E-state index in [9.17, 15) is 4.79 Å². The van der Waals surface area contributed by atoms with Crippen LogP contribution in [-0.4, -0.2) is 39.0 Å². The molecule has 1 aliphatic rings. The van der Waals surface area contributed by atoms with Crippen LogP contribution >= 0.6 is 11.3 Å². The topological polar surface area (TPSA) is 83.0 Å². The predicted octanol–water partition coefficient (Wildman–Crippen LogP) is 4.97. The Labute approximate surface area is 177 Å². The van der Waals surface area contributed by atoms with Crippen molar-refractivity contribution in [1.82, 2.24) is 19.9 Å². The summed E-state index contributed by atoms with van der Waals surface area (Å²) in [6.07, 6.45) is 5.97. The van der Waals surface area contributed by atoms with E-state index < -0.39 is 0 Å². The normalized spacial score (nSPS) is 17.1. The molecule has 0 bridgehead atoms. The van der Waals surface area contributed by atoms with E-state index in [0.717, 1.165) is 41.8 Å². The highest BCUT2D eigenvalue weighted by Crippen LogP contribution is 2.25. The molecule has 0 saturated carbocycles. The Kier molecular flexibility index (Phi) is 6.12. The van der Waals surface area contributed by atoms with Crippen molar-refractivity contribution in [2.75, 3.05) is 23.7 Å². The summed E-state index contributed by atoms with van der Waals surface area (Å²) in [5.74, 6) is 1.78. The molecular weight excluding hydrogens is 384 g/mol. The van der Waals surface area contributed by atoms with Crippen molar-refractivity contribution in [1.29, 1.82) is 0 Å². The minimum atomic E-state index is -0.354. The summed E-state index contributed by atoms with van der Waals surface area (Å²) in [7, 11) is 0. The Morgan fingerprint density at radius 3 is 2.86 bits per heavy atom. The molecule has 7 nitrogen and oxygen atoms in total. The molecule has 0 aliphatic carbocycles. The number of carbonyl (C=O) groups excluding carboxylic acids is 1. The lowest BCUT2D eigenvalue weighted by molar-refractivity contribution is 0.175. The number of thiazole rings is 1. The molecule has 1 aliphatic heterocycles. The van der Waals surface area contributed by atoms with E-state index in [1.807, 2.05) is 29.6 Å². The van der Waals surface area contributed by atoms with Gasteiger partial charge in [0.15, 0.2) is 0 Å². The van der Waals surface area contributed by atoms with E-state index in [-0.39, 0.29) is 8.88 Å². The van der Waals surface area contributed by atoms with Gasteiger partial charge in [-0.1, -0.05) is 13.0 Å². The Hall–Kier alpha value is -2.84. The summed E-state index contributed by atoms with van der Waals surface area (Å²) in [5.41, 5.74) is 1.94. The number of piperidine rings is 1. The third-order valence-electron chi connectivity index (χ3n) is 4.85. The van der Waals surface area contributed by atoms with Crippen LogP contribution in [-0.2, 0) is 6.54 Å². The molecule has 1 saturated heterocycles. The van der Waals surface area contributed by atoms with Gasteiger partial charge in [0, 0.05) is 39.3 Å². The molecule has 2 amide bonds. The molecule has 1 atom stereocenters. The lowest BCUT2D eigenvalue weighted by atomic mass is 10.0. The highest BCUT2D eigenvalue weighted by atomic mass is 32.1. The number of amides is 2. The first kappa shape index (κ1) is 19.5. The molecule has 154 valence electrons. The number of rotatable bonds is 5. The van der Waals surface area contributed by atoms with Crippen LogP contribution in [0.1, 0.15) is 28.3 Å². The zero-order valence-corrected chi connectivity index (χ0v) is 17.2. The Bertz CT molecular complexity index is 971. The van der Waals surface area contributed by atoms with Crippen LogP contribution in [0.4, 0.5) is 16.4 Å². The van der Waals surface area contributed by atoms with Gasteiger partial charge in [0.05, 0.1) is 5.69 Å². The van der Waals surface area contributed by atoms with E-state index in [1.54, 1.807) is 18.5 Å². The monoisotopic (exact) mass is 412 g/mol. The second-order valence-corrected chi connectivity index (χ2v) is 8.21. The van der Waals surface area contributed by atoms with Crippen LogP contribution in [0.2, 0.25) is 0 Å². The van der Waals surface area contributed by atoms with Gasteiger partial charge in [-0.3, -0.25) is 20.5 Å². The van der Waals surface area contributed by atoms with E-state index in [1.165, 1.54) is 24.2 Å². The van der Waals surface area contributed by atoms with Gasteiger partial charge < -0.3 is 0 Å². The molecule has 3 aromatic heterocycles. The van der Waals surface area contributed by atoms with Crippen molar-refractivity contribution in [2.45, 2.75) is 26.3 Å². The van der Waals surface area contributed by atoms with Crippen molar-refractivity contribution in [2.24, 2.45) is 5.92 Å². The van der Waals surface area contributed by atoms with Crippen molar-refractivity contribution in [3.05, 3.63) is 53.8 Å². The number of carbonyl (C=O) groups is 1. The summed E-state index contributed by atoms with van der Waals surface area (Å²) in [4.78, 5) is 27.8. The summed E-state index contributed by atoms with van der Waals surface area (Å²) in [5, 5.41) is 8.22. The van der Waals surface area contributed by atoms with Crippen LogP contribution < -0.4 is 10.6 Å². The number of likely N-dealkylation sites (tertiary alicyclic amines) is 1. The van der Waals surface area contributed by atoms with E-state index in [4.69, 9.17) is 0 Å². The van der Waals surface area contributed by atoms with E-state index in [2.05, 4.69) is 37.4 Å². The lowest BCUT2D eigenvalue weighted by Crippen LogP contribution is -2.34. The number of anilines is 2. The van der Waals surface area contributed by atoms with Crippen molar-refractivity contribution in [3.8, 4) is 10.6 Å². The van der Waals surface area contributed by atoms with Gasteiger partial charge in [-0.15, -0.1) is 11.3 Å². The number of urea groups is 1. The molecule has 1 fully saturated rings. The molecule has 2 N–H and O–H groups in total. The largest absolute Gasteiger partial charge is 0.326 e. The molecule has 4 rings (SSSR count). The maximum atomic E-state index is 12.4. The Balaban J connectivity index is 0.00000171. The van der Waals surface area contributed by atoms with Crippen molar-refractivity contribution < 1.29 is 7.65 Å². The molecule has 1 unspecified atom stereocenters. The Morgan fingerprint density at radius 2 is 2.03 bits per heavy atom. The van der Waals surface area contributed by atoms with Crippen molar-refractivity contribution >= 4 is 29.0 Å². The summed E-state index contributed by atoms with van der Waals surface area (Å²) >= 11 is 1.47. The van der Waals surface area contributed by atoms with Crippen LogP contribution in [0.15, 0.2) is 48.1 Å². The first-order chi connectivity index (χ1) is 14.2. The average molecular weight is 413 g/mol. The van der Waals surface area contributed by atoms with Gasteiger partial charge in [0.2, 0.25) is 0 Å².